The molecule has 3 rings (SSSR count). The Labute approximate surface area is 168 Å². The van der Waals surface area contributed by atoms with E-state index >= 15 is 0 Å². The van der Waals surface area contributed by atoms with E-state index in [0.29, 0.717) is 0 Å². The highest BCUT2D eigenvalue weighted by Gasteiger charge is 1.96. The molecule has 0 N–H and O–H groups in total. The summed E-state index contributed by atoms with van der Waals surface area (Å²) < 4.78 is 0. The molecule has 0 bridgehead atoms. The van der Waals surface area contributed by atoms with E-state index in [4.69, 9.17) is 0 Å². The molecule has 0 aromatic heterocycles. The third kappa shape index (κ3) is 5.34. The van der Waals surface area contributed by atoms with E-state index in [9.17, 15) is 0 Å². The summed E-state index contributed by atoms with van der Waals surface area (Å²) in [6, 6.07) is 25.1. The molecular formula is C25H27N3. The van der Waals surface area contributed by atoms with Crippen LogP contribution in [0.1, 0.15) is 16.7 Å². The van der Waals surface area contributed by atoms with Crippen LogP contribution in [0, 0.1) is 0 Å². The van der Waals surface area contributed by atoms with Crippen LogP contribution < -0.4 is 9.80 Å². The number of benzene rings is 3. The second-order valence-corrected chi connectivity index (χ2v) is 7.15. The van der Waals surface area contributed by atoms with Crippen molar-refractivity contribution in [3.63, 3.8) is 0 Å². The Balaban J connectivity index is 1.62. The largest absolute Gasteiger partial charge is 0.378 e. The van der Waals surface area contributed by atoms with Gasteiger partial charge in [0, 0.05) is 45.8 Å². The standard InChI is InChI=1S/C25H27N3/c1-27(2)24-15-9-21(10-16-24)6-5-20-7-13-23(14-8-20)26-19-22-11-17-25(18-12-22)28(3)4/h5-19H,1-4H3/b6-5+,26-19?. The summed E-state index contributed by atoms with van der Waals surface area (Å²) >= 11 is 0. The molecule has 3 nitrogen and oxygen atoms in total. The van der Waals surface area contributed by atoms with Crippen molar-refractivity contribution >= 4 is 35.4 Å². The lowest BCUT2D eigenvalue weighted by Crippen LogP contribution is -2.08. The summed E-state index contributed by atoms with van der Waals surface area (Å²) in [5, 5.41) is 0. The lowest BCUT2D eigenvalue weighted by molar-refractivity contribution is 1.13. The van der Waals surface area contributed by atoms with Gasteiger partial charge in [-0.05, 0) is 53.1 Å². The van der Waals surface area contributed by atoms with Crippen molar-refractivity contribution < 1.29 is 0 Å². The zero-order chi connectivity index (χ0) is 19.9. The predicted octanol–water partition coefficient (Wildman–Crippen LogP) is 5.74. The molecule has 0 unspecified atom stereocenters. The quantitative estimate of drug-likeness (QED) is 0.407. The molecule has 0 heterocycles. The maximum atomic E-state index is 4.57. The van der Waals surface area contributed by atoms with Crippen LogP contribution in [0.3, 0.4) is 0 Å². The minimum Gasteiger partial charge on any atom is -0.378 e. The van der Waals surface area contributed by atoms with Crippen LogP contribution in [-0.2, 0) is 0 Å². The maximum Gasteiger partial charge on any atom is 0.0630 e. The van der Waals surface area contributed by atoms with Crippen LogP contribution in [0.2, 0.25) is 0 Å². The van der Waals surface area contributed by atoms with Crippen LogP contribution in [0.25, 0.3) is 12.2 Å². The fourth-order valence-electron chi connectivity index (χ4n) is 2.76. The van der Waals surface area contributed by atoms with Crippen molar-refractivity contribution in [3.8, 4) is 0 Å². The summed E-state index contributed by atoms with van der Waals surface area (Å²) in [6.07, 6.45) is 6.15. The van der Waals surface area contributed by atoms with Crippen molar-refractivity contribution in [2.24, 2.45) is 4.99 Å². The first-order valence-corrected chi connectivity index (χ1v) is 9.38. The average molecular weight is 370 g/mol. The Kier molecular flexibility index (Phi) is 6.28. The zero-order valence-electron chi connectivity index (χ0n) is 17.0. The molecule has 28 heavy (non-hydrogen) atoms. The van der Waals surface area contributed by atoms with Gasteiger partial charge in [0.25, 0.3) is 0 Å². The van der Waals surface area contributed by atoms with E-state index in [2.05, 4.69) is 87.6 Å². The normalized spacial score (nSPS) is 11.3. The van der Waals surface area contributed by atoms with E-state index in [1.807, 2.05) is 46.5 Å². The second kappa shape index (κ2) is 9.05. The van der Waals surface area contributed by atoms with Crippen molar-refractivity contribution in [2.45, 2.75) is 0 Å². The number of hydrogen-bond donors (Lipinski definition) is 0. The monoisotopic (exact) mass is 369 g/mol. The van der Waals surface area contributed by atoms with E-state index in [1.165, 1.54) is 16.9 Å². The molecule has 0 spiro atoms. The molecule has 3 aromatic rings. The van der Waals surface area contributed by atoms with Gasteiger partial charge in [-0.2, -0.15) is 0 Å². The minimum absolute atomic E-state index is 0.948. The van der Waals surface area contributed by atoms with Crippen LogP contribution in [0.15, 0.2) is 77.8 Å². The van der Waals surface area contributed by atoms with Crippen LogP contribution in [-0.4, -0.2) is 34.4 Å². The molecule has 0 amide bonds. The number of aliphatic imine (C=N–C) groups is 1. The molecule has 0 atom stereocenters. The van der Waals surface area contributed by atoms with Gasteiger partial charge in [0.2, 0.25) is 0 Å². The molecule has 0 saturated heterocycles. The average Bonchev–Trinajstić information content (AvgIpc) is 2.72. The van der Waals surface area contributed by atoms with Gasteiger partial charge >= 0.3 is 0 Å². The van der Waals surface area contributed by atoms with Crippen molar-refractivity contribution in [3.05, 3.63) is 89.5 Å². The first kappa shape index (κ1) is 19.4. The Hall–Kier alpha value is -3.33. The molecule has 0 aliphatic carbocycles. The van der Waals surface area contributed by atoms with Gasteiger partial charge in [-0.1, -0.05) is 48.6 Å². The Bertz CT molecular complexity index is 852. The van der Waals surface area contributed by atoms with Crippen LogP contribution in [0.4, 0.5) is 17.1 Å². The summed E-state index contributed by atoms with van der Waals surface area (Å²) in [5.74, 6) is 0. The molecule has 0 aliphatic heterocycles. The first-order valence-electron chi connectivity index (χ1n) is 9.38. The van der Waals surface area contributed by atoms with Gasteiger partial charge in [0.1, 0.15) is 0 Å². The third-order valence-electron chi connectivity index (χ3n) is 4.54. The van der Waals surface area contributed by atoms with Crippen LogP contribution >= 0.6 is 0 Å². The zero-order valence-corrected chi connectivity index (χ0v) is 17.0. The smallest absolute Gasteiger partial charge is 0.0630 e. The third-order valence-corrected chi connectivity index (χ3v) is 4.54. The fraction of sp³-hybridized carbons (Fsp3) is 0.160. The highest BCUT2D eigenvalue weighted by molar-refractivity contribution is 5.82. The number of hydrogen-bond acceptors (Lipinski definition) is 3. The van der Waals surface area contributed by atoms with Crippen LogP contribution in [0.5, 0.6) is 0 Å². The SMILES string of the molecule is CN(C)c1ccc(C=Nc2ccc(/C=C/c3ccc(N(C)C)cc3)cc2)cc1. The highest BCUT2D eigenvalue weighted by atomic mass is 15.1. The second-order valence-electron chi connectivity index (χ2n) is 7.15. The molecule has 0 fully saturated rings. The molecule has 142 valence electrons. The van der Waals surface area contributed by atoms with E-state index in [0.717, 1.165) is 16.8 Å². The van der Waals surface area contributed by atoms with E-state index < -0.39 is 0 Å². The molecule has 3 heteroatoms. The molecule has 0 saturated carbocycles. The summed E-state index contributed by atoms with van der Waals surface area (Å²) in [7, 11) is 8.18. The number of anilines is 2. The topological polar surface area (TPSA) is 18.8 Å². The van der Waals surface area contributed by atoms with Gasteiger partial charge < -0.3 is 9.80 Å². The lowest BCUT2D eigenvalue weighted by atomic mass is 10.1. The Morgan fingerprint density at radius 2 is 0.929 bits per heavy atom. The van der Waals surface area contributed by atoms with E-state index in [-0.39, 0.29) is 0 Å². The van der Waals surface area contributed by atoms with Gasteiger partial charge in [-0.15, -0.1) is 0 Å². The van der Waals surface area contributed by atoms with Crippen molar-refractivity contribution in [2.75, 3.05) is 38.0 Å². The summed E-state index contributed by atoms with van der Waals surface area (Å²) in [5.41, 5.74) is 6.78. The van der Waals surface area contributed by atoms with Crippen molar-refractivity contribution in [1.29, 1.82) is 0 Å². The molecule has 0 aliphatic rings. The lowest BCUT2D eigenvalue weighted by Gasteiger charge is -2.11. The Morgan fingerprint density at radius 1 is 0.536 bits per heavy atom. The maximum absolute atomic E-state index is 4.57. The number of rotatable bonds is 6. The fourth-order valence-corrected chi connectivity index (χ4v) is 2.76. The van der Waals surface area contributed by atoms with Crippen molar-refractivity contribution in [1.82, 2.24) is 0 Å². The van der Waals surface area contributed by atoms with Gasteiger partial charge in [0.15, 0.2) is 0 Å². The highest BCUT2D eigenvalue weighted by Crippen LogP contribution is 2.18. The molecule has 0 radical (unpaired) electrons. The number of nitrogens with zero attached hydrogens (tertiary/aromatic N) is 3. The van der Waals surface area contributed by atoms with E-state index in [1.54, 1.807) is 0 Å². The summed E-state index contributed by atoms with van der Waals surface area (Å²) in [6.45, 7) is 0. The molecule has 3 aromatic carbocycles. The van der Waals surface area contributed by atoms with Gasteiger partial charge in [-0.25, -0.2) is 0 Å². The summed E-state index contributed by atoms with van der Waals surface area (Å²) in [4.78, 5) is 8.76. The van der Waals surface area contributed by atoms with Gasteiger partial charge in [-0.3, -0.25) is 4.99 Å². The molecular weight excluding hydrogens is 342 g/mol. The Morgan fingerprint density at radius 3 is 1.36 bits per heavy atom. The van der Waals surface area contributed by atoms with Gasteiger partial charge in [0.05, 0.1) is 5.69 Å². The first-order chi connectivity index (χ1) is 13.5. The minimum atomic E-state index is 0.948. The predicted molar refractivity (Wildman–Crippen MR) is 124 cm³/mol.